The van der Waals surface area contributed by atoms with Gasteiger partial charge in [-0.25, -0.2) is 9.97 Å². The molecule has 3 heterocycles. The topological polar surface area (TPSA) is 59.9 Å². The van der Waals surface area contributed by atoms with Crippen LogP contribution in [-0.4, -0.2) is 22.1 Å². The van der Waals surface area contributed by atoms with Crippen molar-refractivity contribution in [3.63, 3.8) is 0 Å². The van der Waals surface area contributed by atoms with Gasteiger partial charge in [-0.1, -0.05) is 0 Å². The van der Waals surface area contributed by atoms with E-state index >= 15 is 0 Å². The Bertz CT molecular complexity index is 847. The van der Waals surface area contributed by atoms with Crippen LogP contribution < -0.4 is 10.1 Å². The predicted octanol–water partition coefficient (Wildman–Crippen LogP) is 4.23. The van der Waals surface area contributed by atoms with Gasteiger partial charge in [0.1, 0.15) is 0 Å². The van der Waals surface area contributed by atoms with Crippen molar-refractivity contribution in [2.24, 2.45) is 0 Å². The fourth-order valence-corrected chi connectivity index (χ4v) is 3.83. The smallest absolute Gasteiger partial charge is 0.216 e. The second-order valence-electron chi connectivity index (χ2n) is 5.74. The van der Waals surface area contributed by atoms with E-state index in [2.05, 4.69) is 25.6 Å². The molecule has 1 aliphatic carbocycles. The maximum absolute atomic E-state index is 5.42. The van der Waals surface area contributed by atoms with Crippen molar-refractivity contribution in [1.82, 2.24) is 15.0 Å². The molecule has 4 rings (SSSR count). The van der Waals surface area contributed by atoms with E-state index in [0.29, 0.717) is 0 Å². The van der Waals surface area contributed by atoms with Gasteiger partial charge in [-0.05, 0) is 43.4 Å². The third-order valence-corrected chi connectivity index (χ3v) is 5.03. The minimum absolute atomic E-state index is 0.756. The van der Waals surface area contributed by atoms with Crippen LogP contribution in [0.4, 0.5) is 10.8 Å². The number of hydrogen-bond acceptors (Lipinski definition) is 6. The minimum Gasteiger partial charge on any atom is -0.481 e. The molecule has 5 nitrogen and oxygen atoms in total. The van der Waals surface area contributed by atoms with Crippen molar-refractivity contribution in [1.29, 1.82) is 0 Å². The summed E-state index contributed by atoms with van der Waals surface area (Å²) in [6.45, 7) is 0. The highest BCUT2D eigenvalue weighted by Gasteiger charge is 2.19. The average molecular weight is 338 g/mol. The van der Waals surface area contributed by atoms with Gasteiger partial charge < -0.3 is 10.1 Å². The Hall–Kier alpha value is -2.47. The fourth-order valence-electron chi connectivity index (χ4n) is 3.10. The second kappa shape index (κ2) is 6.57. The average Bonchev–Trinajstić information content (AvgIpc) is 3.11. The Morgan fingerprint density at radius 2 is 1.92 bits per heavy atom. The minimum atomic E-state index is 0.756. The first kappa shape index (κ1) is 15.1. The lowest BCUT2D eigenvalue weighted by Crippen LogP contribution is -2.09. The van der Waals surface area contributed by atoms with Crippen LogP contribution in [0, 0.1) is 0 Å². The number of fused-ring (bicyclic) bond motifs is 1. The highest BCUT2D eigenvalue weighted by molar-refractivity contribution is 7.14. The molecule has 0 radical (unpaired) electrons. The maximum Gasteiger partial charge on any atom is 0.216 e. The molecular formula is C18H18N4OS. The third kappa shape index (κ3) is 2.85. The predicted molar refractivity (Wildman–Crippen MR) is 96.1 cm³/mol. The number of pyridine rings is 2. The van der Waals surface area contributed by atoms with E-state index in [1.807, 2.05) is 18.3 Å². The van der Waals surface area contributed by atoms with Crippen molar-refractivity contribution in [2.45, 2.75) is 25.7 Å². The molecule has 0 bridgehead atoms. The standard InChI is InChI=1S/C18H18N4OS/c1-23-17-14-5-3-2-4-13(14)15(10-20-17)21-18-22-16(11-24-18)12-6-8-19-9-7-12/h6-11H,2-5H2,1H3,(H,21,22). The number of aromatic nitrogens is 3. The second-order valence-corrected chi connectivity index (χ2v) is 6.60. The van der Waals surface area contributed by atoms with Gasteiger partial charge in [-0.3, -0.25) is 4.98 Å². The molecule has 122 valence electrons. The van der Waals surface area contributed by atoms with E-state index in [9.17, 15) is 0 Å². The fraction of sp³-hybridized carbons (Fsp3) is 0.278. The molecule has 1 aliphatic rings. The molecule has 0 aliphatic heterocycles. The number of anilines is 2. The molecule has 0 amide bonds. The van der Waals surface area contributed by atoms with Crippen molar-refractivity contribution in [3.8, 4) is 17.1 Å². The van der Waals surface area contributed by atoms with Crippen molar-refractivity contribution >= 4 is 22.2 Å². The molecular weight excluding hydrogens is 320 g/mol. The summed E-state index contributed by atoms with van der Waals surface area (Å²) in [6, 6.07) is 3.94. The number of nitrogens with zero attached hydrogens (tertiary/aromatic N) is 3. The summed E-state index contributed by atoms with van der Waals surface area (Å²) in [5.41, 5.74) is 5.62. The first-order valence-electron chi connectivity index (χ1n) is 8.03. The summed E-state index contributed by atoms with van der Waals surface area (Å²) >= 11 is 1.60. The zero-order valence-corrected chi connectivity index (χ0v) is 14.3. The van der Waals surface area contributed by atoms with Crippen molar-refractivity contribution in [2.75, 3.05) is 12.4 Å². The lowest BCUT2D eigenvalue weighted by atomic mass is 9.92. The Kier molecular flexibility index (Phi) is 4.13. The van der Waals surface area contributed by atoms with Gasteiger partial charge in [0.05, 0.1) is 24.7 Å². The molecule has 0 atom stereocenters. The van der Waals surface area contributed by atoms with Crippen LogP contribution in [0.5, 0.6) is 5.88 Å². The van der Waals surface area contributed by atoms with Gasteiger partial charge in [0.25, 0.3) is 0 Å². The molecule has 1 N–H and O–H groups in total. The largest absolute Gasteiger partial charge is 0.481 e. The van der Waals surface area contributed by atoms with Gasteiger partial charge in [0.15, 0.2) is 5.13 Å². The van der Waals surface area contributed by atoms with Crippen LogP contribution in [0.25, 0.3) is 11.3 Å². The number of rotatable bonds is 4. The van der Waals surface area contributed by atoms with E-state index in [1.165, 1.54) is 24.0 Å². The van der Waals surface area contributed by atoms with Crippen molar-refractivity contribution < 1.29 is 4.74 Å². The highest BCUT2D eigenvalue weighted by Crippen LogP contribution is 2.35. The summed E-state index contributed by atoms with van der Waals surface area (Å²) in [6.07, 6.45) is 9.90. The van der Waals surface area contributed by atoms with E-state index in [-0.39, 0.29) is 0 Å². The van der Waals surface area contributed by atoms with Gasteiger partial charge in [0.2, 0.25) is 5.88 Å². The van der Waals surface area contributed by atoms with Crippen LogP contribution in [0.15, 0.2) is 36.1 Å². The molecule has 0 unspecified atom stereocenters. The van der Waals surface area contributed by atoms with Crippen LogP contribution >= 0.6 is 11.3 Å². The van der Waals surface area contributed by atoms with E-state index < -0.39 is 0 Å². The van der Waals surface area contributed by atoms with Gasteiger partial charge >= 0.3 is 0 Å². The molecule has 6 heteroatoms. The molecule has 0 saturated heterocycles. The molecule has 24 heavy (non-hydrogen) atoms. The van der Waals surface area contributed by atoms with Crippen LogP contribution in [-0.2, 0) is 12.8 Å². The van der Waals surface area contributed by atoms with Crippen LogP contribution in [0.3, 0.4) is 0 Å². The number of hydrogen-bond donors (Lipinski definition) is 1. The molecule has 0 fully saturated rings. The van der Waals surface area contributed by atoms with Crippen molar-refractivity contribution in [3.05, 3.63) is 47.2 Å². The lowest BCUT2D eigenvalue weighted by Gasteiger charge is -2.21. The number of methoxy groups -OCH3 is 1. The monoisotopic (exact) mass is 338 g/mol. The Morgan fingerprint density at radius 3 is 2.71 bits per heavy atom. The zero-order valence-electron chi connectivity index (χ0n) is 13.5. The first-order chi connectivity index (χ1) is 11.8. The van der Waals surface area contributed by atoms with E-state index in [0.717, 1.165) is 40.8 Å². The highest BCUT2D eigenvalue weighted by atomic mass is 32.1. The summed E-state index contributed by atoms with van der Waals surface area (Å²) in [5, 5.41) is 6.38. The Morgan fingerprint density at radius 1 is 1.12 bits per heavy atom. The normalized spacial score (nSPS) is 13.4. The lowest BCUT2D eigenvalue weighted by molar-refractivity contribution is 0.389. The molecule has 3 aromatic rings. The third-order valence-electron chi connectivity index (χ3n) is 4.28. The van der Waals surface area contributed by atoms with Crippen LogP contribution in [0.2, 0.25) is 0 Å². The van der Waals surface area contributed by atoms with Gasteiger partial charge in [-0.2, -0.15) is 0 Å². The van der Waals surface area contributed by atoms with Gasteiger partial charge in [0, 0.05) is 28.9 Å². The molecule has 0 aromatic carbocycles. The zero-order chi connectivity index (χ0) is 16.4. The molecule has 0 spiro atoms. The number of thiazole rings is 1. The molecule has 3 aromatic heterocycles. The quantitative estimate of drug-likeness (QED) is 0.771. The maximum atomic E-state index is 5.42. The summed E-state index contributed by atoms with van der Waals surface area (Å²) in [7, 11) is 1.69. The van der Waals surface area contributed by atoms with E-state index in [1.54, 1.807) is 30.8 Å². The molecule has 0 saturated carbocycles. The Balaban J connectivity index is 1.63. The summed E-state index contributed by atoms with van der Waals surface area (Å²) in [5.74, 6) is 0.756. The summed E-state index contributed by atoms with van der Waals surface area (Å²) < 4.78 is 5.42. The number of nitrogens with one attached hydrogen (secondary N) is 1. The van der Waals surface area contributed by atoms with Crippen LogP contribution in [0.1, 0.15) is 24.0 Å². The summed E-state index contributed by atoms with van der Waals surface area (Å²) in [4.78, 5) is 13.2. The Labute approximate surface area is 144 Å². The first-order valence-corrected chi connectivity index (χ1v) is 8.91. The van der Waals surface area contributed by atoms with Gasteiger partial charge in [-0.15, -0.1) is 11.3 Å². The number of ether oxygens (including phenoxy) is 1. The SMILES string of the molecule is COc1ncc(Nc2nc(-c3ccncc3)cs2)c2c1CCCC2. The van der Waals surface area contributed by atoms with E-state index in [4.69, 9.17) is 4.74 Å².